The van der Waals surface area contributed by atoms with E-state index in [1.165, 1.54) is 0 Å². The molecule has 1 rings (SSSR count). The van der Waals surface area contributed by atoms with Gasteiger partial charge >= 0.3 is 0 Å². The first kappa shape index (κ1) is 16.2. The minimum absolute atomic E-state index is 0.290. The first-order valence-electron chi connectivity index (χ1n) is 6.05. The van der Waals surface area contributed by atoms with Crippen molar-refractivity contribution in [2.45, 2.75) is 0 Å². The van der Waals surface area contributed by atoms with Gasteiger partial charge in [-0.1, -0.05) is 18.2 Å². The molecule has 0 bridgehead atoms. The number of carbonyl (C=O) groups is 4. The van der Waals surface area contributed by atoms with Crippen molar-refractivity contribution < 1.29 is 24.3 Å². The van der Waals surface area contributed by atoms with Gasteiger partial charge in [0, 0.05) is 5.56 Å². The predicted octanol–water partition coefficient (Wildman–Crippen LogP) is -2.60. The highest BCUT2D eigenvalue weighted by Gasteiger charge is 2.08. The molecule has 0 aliphatic rings. The van der Waals surface area contributed by atoms with Crippen LogP contribution in [0.4, 0.5) is 0 Å². The third-order valence-electron chi connectivity index (χ3n) is 2.32. The molecule has 1 aromatic carbocycles. The summed E-state index contributed by atoms with van der Waals surface area (Å²) in [7, 11) is 0. The molecule has 3 amide bonds. The number of carboxylic acid groups (broad SMARTS) is 1. The fourth-order valence-corrected chi connectivity index (χ4v) is 1.33. The molecule has 0 heterocycles. The van der Waals surface area contributed by atoms with Crippen LogP contribution in [0.3, 0.4) is 0 Å². The maximum absolute atomic E-state index is 11.6. The van der Waals surface area contributed by atoms with E-state index in [2.05, 4.69) is 10.6 Å². The lowest BCUT2D eigenvalue weighted by atomic mass is 10.2. The Hall–Kier alpha value is -2.90. The van der Waals surface area contributed by atoms with Gasteiger partial charge < -0.3 is 25.9 Å². The van der Waals surface area contributed by atoms with Crippen LogP contribution in [0.25, 0.3) is 0 Å². The number of hydrogen-bond donors (Lipinski definition) is 3. The minimum Gasteiger partial charge on any atom is -0.548 e. The molecule has 0 spiro atoms. The van der Waals surface area contributed by atoms with E-state index < -0.39 is 30.2 Å². The molecule has 0 unspecified atom stereocenters. The number of benzene rings is 1. The smallest absolute Gasteiger partial charge is 0.251 e. The summed E-state index contributed by atoms with van der Waals surface area (Å²) >= 11 is 0. The van der Waals surface area contributed by atoms with Crippen LogP contribution in [0.2, 0.25) is 0 Å². The highest BCUT2D eigenvalue weighted by molar-refractivity contribution is 5.96. The molecule has 8 heteroatoms. The van der Waals surface area contributed by atoms with E-state index in [1.807, 2.05) is 5.32 Å². The average molecular weight is 292 g/mol. The largest absolute Gasteiger partial charge is 0.548 e. The van der Waals surface area contributed by atoms with Crippen molar-refractivity contribution in [2.75, 3.05) is 19.6 Å². The molecule has 8 nitrogen and oxygen atoms in total. The molecule has 0 aliphatic carbocycles. The molecule has 0 atom stereocenters. The van der Waals surface area contributed by atoms with Gasteiger partial charge in [0.05, 0.1) is 25.6 Å². The normalized spacial score (nSPS) is 9.52. The van der Waals surface area contributed by atoms with Crippen LogP contribution in [0.15, 0.2) is 30.3 Å². The van der Waals surface area contributed by atoms with Gasteiger partial charge in [-0.25, -0.2) is 0 Å². The highest BCUT2D eigenvalue weighted by atomic mass is 16.4. The molecule has 0 fully saturated rings. The summed E-state index contributed by atoms with van der Waals surface area (Å²) in [5.41, 5.74) is 0.414. The number of carboxylic acids is 1. The van der Waals surface area contributed by atoms with Crippen molar-refractivity contribution in [1.82, 2.24) is 16.0 Å². The zero-order valence-corrected chi connectivity index (χ0v) is 11.0. The second-order valence-corrected chi connectivity index (χ2v) is 3.97. The van der Waals surface area contributed by atoms with Crippen molar-refractivity contribution >= 4 is 23.7 Å². The Labute approximate surface area is 120 Å². The molecule has 0 saturated heterocycles. The Balaban J connectivity index is 2.24. The Kier molecular flexibility index (Phi) is 6.39. The second-order valence-electron chi connectivity index (χ2n) is 3.97. The van der Waals surface area contributed by atoms with Crippen molar-refractivity contribution in [3.63, 3.8) is 0 Å². The van der Waals surface area contributed by atoms with Crippen molar-refractivity contribution in [2.24, 2.45) is 0 Å². The summed E-state index contributed by atoms with van der Waals surface area (Å²) in [6, 6.07) is 8.34. The molecular formula is C13H14N3O5-. The van der Waals surface area contributed by atoms with Gasteiger partial charge in [-0.2, -0.15) is 0 Å². The maximum atomic E-state index is 11.6. The van der Waals surface area contributed by atoms with Gasteiger partial charge in [-0.05, 0) is 12.1 Å². The Morgan fingerprint density at radius 2 is 1.33 bits per heavy atom. The van der Waals surface area contributed by atoms with E-state index in [0.29, 0.717) is 5.56 Å². The van der Waals surface area contributed by atoms with Crippen LogP contribution in [0, 0.1) is 0 Å². The van der Waals surface area contributed by atoms with Gasteiger partial charge in [0.1, 0.15) is 0 Å². The summed E-state index contributed by atoms with van der Waals surface area (Å²) in [6.07, 6.45) is 0. The van der Waals surface area contributed by atoms with E-state index in [0.717, 1.165) is 0 Å². The number of nitrogens with one attached hydrogen (secondary N) is 3. The van der Waals surface area contributed by atoms with Gasteiger partial charge in [0.2, 0.25) is 11.8 Å². The minimum atomic E-state index is -1.43. The van der Waals surface area contributed by atoms with Crippen molar-refractivity contribution in [3.05, 3.63) is 35.9 Å². The third-order valence-corrected chi connectivity index (χ3v) is 2.32. The number of amides is 3. The van der Waals surface area contributed by atoms with Gasteiger partial charge in [0.25, 0.3) is 5.91 Å². The Morgan fingerprint density at radius 3 is 1.90 bits per heavy atom. The molecule has 112 valence electrons. The fourth-order valence-electron chi connectivity index (χ4n) is 1.33. The predicted molar refractivity (Wildman–Crippen MR) is 69.8 cm³/mol. The maximum Gasteiger partial charge on any atom is 0.251 e. The second kappa shape index (κ2) is 8.31. The van der Waals surface area contributed by atoms with Crippen molar-refractivity contribution in [3.8, 4) is 0 Å². The first-order valence-corrected chi connectivity index (χ1v) is 6.05. The summed E-state index contributed by atoms with van der Waals surface area (Å²) in [6.45, 7) is -1.30. The van der Waals surface area contributed by atoms with E-state index in [1.54, 1.807) is 30.3 Å². The van der Waals surface area contributed by atoms with Crippen LogP contribution < -0.4 is 21.1 Å². The zero-order chi connectivity index (χ0) is 15.7. The van der Waals surface area contributed by atoms with Crippen LogP contribution in [0.5, 0.6) is 0 Å². The van der Waals surface area contributed by atoms with E-state index >= 15 is 0 Å². The topological polar surface area (TPSA) is 127 Å². The zero-order valence-electron chi connectivity index (χ0n) is 11.0. The van der Waals surface area contributed by atoms with Gasteiger partial charge in [0.15, 0.2) is 0 Å². The molecule has 1 aromatic rings. The van der Waals surface area contributed by atoms with Crippen LogP contribution in [0.1, 0.15) is 10.4 Å². The van der Waals surface area contributed by atoms with E-state index in [9.17, 15) is 24.3 Å². The molecule has 0 aromatic heterocycles. The number of rotatable bonds is 7. The summed E-state index contributed by atoms with van der Waals surface area (Å²) in [5, 5.41) is 16.7. The van der Waals surface area contributed by atoms with Crippen LogP contribution in [-0.2, 0) is 14.4 Å². The monoisotopic (exact) mass is 292 g/mol. The summed E-state index contributed by atoms with van der Waals surface area (Å²) < 4.78 is 0. The van der Waals surface area contributed by atoms with Crippen LogP contribution >= 0.6 is 0 Å². The average Bonchev–Trinajstić information content (AvgIpc) is 2.49. The van der Waals surface area contributed by atoms with Gasteiger partial charge in [-0.3, -0.25) is 14.4 Å². The number of carbonyl (C=O) groups excluding carboxylic acids is 4. The Morgan fingerprint density at radius 1 is 0.810 bits per heavy atom. The third kappa shape index (κ3) is 6.71. The number of aliphatic carboxylic acids is 1. The SMILES string of the molecule is O=C([O-])CNC(=O)CNC(=O)CNC(=O)c1ccccc1. The first-order chi connectivity index (χ1) is 9.99. The standard InChI is InChI=1S/C13H15N3O5/c17-10(15-8-12(19)20)6-14-11(18)7-16-13(21)9-4-2-1-3-5-9/h1-5H,6-8H2,(H,14,18)(H,15,17)(H,16,21)(H,19,20)/p-1. The quantitative estimate of drug-likeness (QED) is 0.508. The van der Waals surface area contributed by atoms with E-state index in [4.69, 9.17) is 0 Å². The van der Waals surface area contributed by atoms with Crippen molar-refractivity contribution in [1.29, 1.82) is 0 Å². The summed E-state index contributed by atoms with van der Waals surface area (Å²) in [5.74, 6) is -3.07. The molecule has 21 heavy (non-hydrogen) atoms. The molecule has 3 N–H and O–H groups in total. The molecule has 0 aliphatic heterocycles. The molecule has 0 radical (unpaired) electrons. The highest BCUT2D eigenvalue weighted by Crippen LogP contribution is 1.96. The lowest BCUT2D eigenvalue weighted by Gasteiger charge is -2.08. The van der Waals surface area contributed by atoms with E-state index in [-0.39, 0.29) is 13.1 Å². The van der Waals surface area contributed by atoms with Gasteiger partial charge in [-0.15, -0.1) is 0 Å². The lowest BCUT2D eigenvalue weighted by molar-refractivity contribution is -0.304. The molecular weight excluding hydrogens is 278 g/mol. The summed E-state index contributed by atoms with van der Waals surface area (Å²) in [4.78, 5) is 44.2. The fraction of sp³-hybridized carbons (Fsp3) is 0.231. The Bertz CT molecular complexity index is 530. The van der Waals surface area contributed by atoms with Crippen LogP contribution in [-0.4, -0.2) is 43.3 Å². The number of hydrogen-bond acceptors (Lipinski definition) is 5. The lowest BCUT2D eigenvalue weighted by Crippen LogP contribution is -2.44. The molecule has 0 saturated carbocycles.